The van der Waals surface area contributed by atoms with Gasteiger partial charge < -0.3 is 9.73 Å². The van der Waals surface area contributed by atoms with Gasteiger partial charge in [-0.2, -0.15) is 13.9 Å². The van der Waals surface area contributed by atoms with Gasteiger partial charge in [-0.3, -0.25) is 4.68 Å². The molecule has 0 amide bonds. The maximum Gasteiger partial charge on any atom is 0.284 e. The number of hydrogen-bond donors (Lipinski definition) is 1. The second kappa shape index (κ2) is 7.61. The fourth-order valence-corrected chi connectivity index (χ4v) is 2.53. The van der Waals surface area contributed by atoms with Crippen LogP contribution in [0, 0.1) is 0 Å². The smallest absolute Gasteiger partial charge is 0.284 e. The van der Waals surface area contributed by atoms with E-state index >= 15 is 0 Å². The zero-order chi connectivity index (χ0) is 15.2. The van der Waals surface area contributed by atoms with Gasteiger partial charge in [0, 0.05) is 25.4 Å². The fraction of sp³-hybridized carbons (Fsp3) is 0.500. The van der Waals surface area contributed by atoms with E-state index in [0.29, 0.717) is 30.6 Å². The molecule has 1 N–H and O–H groups in total. The van der Waals surface area contributed by atoms with E-state index in [4.69, 9.17) is 4.42 Å². The number of halogens is 2. The topological polar surface area (TPSA) is 43.0 Å². The molecule has 116 valence electrons. The first-order chi connectivity index (χ1) is 10.1. The molecule has 2 rings (SSSR count). The summed E-state index contributed by atoms with van der Waals surface area (Å²) in [6, 6.07) is 3.56. The predicted molar refractivity (Wildman–Crippen MR) is 79.1 cm³/mol. The molecule has 0 atom stereocenters. The van der Waals surface area contributed by atoms with Gasteiger partial charge in [-0.25, -0.2) is 0 Å². The summed E-state index contributed by atoms with van der Waals surface area (Å²) in [5, 5.41) is 7.66. The van der Waals surface area contributed by atoms with Gasteiger partial charge in [0.05, 0.1) is 18.0 Å². The largest absolute Gasteiger partial charge is 0.464 e. The molecule has 7 heteroatoms. The minimum Gasteiger partial charge on any atom is -0.464 e. The molecule has 21 heavy (non-hydrogen) atoms. The van der Waals surface area contributed by atoms with Crippen LogP contribution in [0.15, 0.2) is 22.7 Å². The average Bonchev–Trinajstić information content (AvgIpc) is 3.03. The van der Waals surface area contributed by atoms with E-state index in [1.165, 1.54) is 5.56 Å². The van der Waals surface area contributed by atoms with Crippen molar-refractivity contribution < 1.29 is 13.2 Å². The molecule has 2 aromatic heterocycles. The molecule has 0 aliphatic heterocycles. The Balaban J connectivity index is 1.80. The van der Waals surface area contributed by atoms with Crippen molar-refractivity contribution in [2.75, 3.05) is 0 Å². The third kappa shape index (κ3) is 4.86. The molecule has 0 spiro atoms. The van der Waals surface area contributed by atoms with E-state index in [1.54, 1.807) is 6.07 Å². The van der Waals surface area contributed by atoms with E-state index in [-0.39, 0.29) is 5.75 Å². The molecule has 0 unspecified atom stereocenters. The minimum absolute atomic E-state index is 0.195. The lowest BCUT2D eigenvalue weighted by Crippen LogP contribution is -2.12. The van der Waals surface area contributed by atoms with Gasteiger partial charge in [-0.1, -0.05) is 18.7 Å². The molecule has 2 heterocycles. The summed E-state index contributed by atoms with van der Waals surface area (Å²) in [5.41, 5.74) is 2.25. The van der Waals surface area contributed by atoms with E-state index in [2.05, 4.69) is 17.3 Å². The van der Waals surface area contributed by atoms with Crippen LogP contribution in [-0.4, -0.2) is 15.5 Å². The molecule has 4 nitrogen and oxygen atoms in total. The lowest BCUT2D eigenvalue weighted by atomic mass is 10.2. The third-order valence-electron chi connectivity index (χ3n) is 3.01. The second-order valence-corrected chi connectivity index (χ2v) is 5.65. The van der Waals surface area contributed by atoms with Crippen LogP contribution in [0.1, 0.15) is 29.7 Å². The van der Waals surface area contributed by atoms with Crippen molar-refractivity contribution >= 4 is 11.8 Å². The number of hydrogen-bond acceptors (Lipinski definition) is 4. The highest BCUT2D eigenvalue weighted by Gasteiger charge is 2.08. The Kier molecular flexibility index (Phi) is 5.81. The maximum atomic E-state index is 12.1. The lowest BCUT2D eigenvalue weighted by molar-refractivity contribution is 0.251. The van der Waals surface area contributed by atoms with Crippen LogP contribution in [0.2, 0.25) is 0 Å². The molecule has 0 aromatic carbocycles. The van der Waals surface area contributed by atoms with Crippen LogP contribution in [0.25, 0.3) is 0 Å². The Labute approximate surface area is 126 Å². The van der Waals surface area contributed by atoms with Crippen molar-refractivity contribution in [3.05, 3.63) is 41.1 Å². The number of thioether (sulfide) groups is 1. The highest BCUT2D eigenvalue weighted by atomic mass is 32.2. The molecular formula is C14H19F2N3OS. The number of aryl methyl sites for hydroxylation is 2. The van der Waals surface area contributed by atoms with Crippen molar-refractivity contribution in [1.82, 2.24) is 15.1 Å². The van der Waals surface area contributed by atoms with Crippen LogP contribution in [0.4, 0.5) is 8.78 Å². The van der Waals surface area contributed by atoms with E-state index in [9.17, 15) is 8.78 Å². The molecule has 0 radical (unpaired) electrons. The molecule has 2 aromatic rings. The summed E-state index contributed by atoms with van der Waals surface area (Å²) in [7, 11) is 1.90. The van der Waals surface area contributed by atoms with Gasteiger partial charge in [0.15, 0.2) is 0 Å². The number of nitrogens with one attached hydrogen (secondary N) is 1. The van der Waals surface area contributed by atoms with Gasteiger partial charge in [0.25, 0.3) is 5.76 Å². The van der Waals surface area contributed by atoms with Gasteiger partial charge in [-0.05, 0) is 18.6 Å². The summed E-state index contributed by atoms with van der Waals surface area (Å²) in [5.74, 6) is -0.843. The Morgan fingerprint density at radius 1 is 1.33 bits per heavy atom. The summed E-state index contributed by atoms with van der Waals surface area (Å²) in [6.45, 7) is 3.35. The van der Waals surface area contributed by atoms with Crippen LogP contribution < -0.4 is 5.32 Å². The molecule has 0 saturated heterocycles. The highest BCUT2D eigenvalue weighted by molar-refractivity contribution is 7.98. The zero-order valence-corrected chi connectivity index (χ0v) is 12.9. The summed E-state index contributed by atoms with van der Waals surface area (Å²) < 4.78 is 31.5. The van der Waals surface area contributed by atoms with Gasteiger partial charge in [-0.15, -0.1) is 0 Å². The highest BCUT2D eigenvalue weighted by Crippen LogP contribution is 2.21. The Bertz CT molecular complexity index is 568. The Morgan fingerprint density at radius 3 is 2.81 bits per heavy atom. The Morgan fingerprint density at radius 2 is 2.10 bits per heavy atom. The van der Waals surface area contributed by atoms with Crippen molar-refractivity contribution in [3.8, 4) is 0 Å². The third-order valence-corrected chi connectivity index (χ3v) is 3.71. The summed E-state index contributed by atoms with van der Waals surface area (Å²) >= 11 is 0.568. The average molecular weight is 315 g/mol. The van der Waals surface area contributed by atoms with E-state index < -0.39 is 5.76 Å². The number of alkyl halides is 2. The molecule has 0 fully saturated rings. The number of furan rings is 1. The minimum atomic E-state index is -2.37. The first kappa shape index (κ1) is 16.0. The van der Waals surface area contributed by atoms with Crippen molar-refractivity contribution in [2.24, 2.45) is 7.05 Å². The number of rotatable bonds is 8. The Hall–Kier alpha value is -1.34. The quantitative estimate of drug-likeness (QED) is 0.811. The van der Waals surface area contributed by atoms with Gasteiger partial charge in [0.2, 0.25) is 0 Å². The monoisotopic (exact) mass is 315 g/mol. The lowest BCUT2D eigenvalue weighted by Gasteiger charge is -2.02. The predicted octanol–water partition coefficient (Wildman–Crippen LogP) is 3.32. The SMILES string of the molecule is CCc1nn(C)cc1CNCc1ccc(CSC(F)F)o1. The molecular weight excluding hydrogens is 296 g/mol. The number of aromatic nitrogens is 2. The van der Waals surface area contributed by atoms with Gasteiger partial charge >= 0.3 is 0 Å². The standard InChI is InChI=1S/C14H19F2N3OS/c1-3-13-10(8-19(2)18-13)6-17-7-11-4-5-12(20-11)9-21-14(15)16/h4-5,8,14,17H,3,6-7,9H2,1-2H3. The molecule has 0 saturated carbocycles. The van der Waals surface area contributed by atoms with Crippen molar-refractivity contribution in [3.63, 3.8) is 0 Å². The van der Waals surface area contributed by atoms with Crippen LogP contribution >= 0.6 is 11.8 Å². The van der Waals surface area contributed by atoms with Crippen LogP contribution in [-0.2, 0) is 32.3 Å². The summed E-state index contributed by atoms with van der Waals surface area (Å²) in [4.78, 5) is 0. The molecule has 0 aliphatic rings. The first-order valence-electron chi connectivity index (χ1n) is 6.78. The molecule has 0 aliphatic carbocycles. The summed E-state index contributed by atoms with van der Waals surface area (Å²) in [6.07, 6.45) is 2.90. The van der Waals surface area contributed by atoms with Crippen molar-refractivity contribution in [1.29, 1.82) is 0 Å². The molecule has 0 bridgehead atoms. The number of nitrogens with zero attached hydrogens (tertiary/aromatic N) is 2. The maximum absolute atomic E-state index is 12.1. The normalized spacial score (nSPS) is 11.5. The van der Waals surface area contributed by atoms with Crippen LogP contribution in [0.3, 0.4) is 0 Å². The second-order valence-electron chi connectivity index (χ2n) is 4.67. The van der Waals surface area contributed by atoms with Crippen molar-refractivity contribution in [2.45, 2.75) is 37.9 Å². The van der Waals surface area contributed by atoms with E-state index in [0.717, 1.165) is 17.9 Å². The van der Waals surface area contributed by atoms with Gasteiger partial charge in [0.1, 0.15) is 11.5 Å². The first-order valence-corrected chi connectivity index (χ1v) is 7.82. The fourth-order valence-electron chi connectivity index (χ4n) is 2.09. The van der Waals surface area contributed by atoms with Crippen LogP contribution in [0.5, 0.6) is 0 Å². The van der Waals surface area contributed by atoms with E-state index in [1.807, 2.05) is 24.0 Å². The zero-order valence-electron chi connectivity index (χ0n) is 12.1.